The van der Waals surface area contributed by atoms with Crippen molar-refractivity contribution in [2.24, 2.45) is 11.8 Å². The van der Waals surface area contributed by atoms with Crippen molar-refractivity contribution in [2.45, 2.75) is 64.3 Å². The summed E-state index contributed by atoms with van der Waals surface area (Å²) in [7, 11) is 0. The highest BCUT2D eigenvalue weighted by Gasteiger charge is 2.22. The highest BCUT2D eigenvalue weighted by atomic mass is 16.1. The molecule has 2 rings (SSSR count). The molecule has 1 amide bonds. The van der Waals surface area contributed by atoms with Gasteiger partial charge >= 0.3 is 0 Å². The van der Waals surface area contributed by atoms with Gasteiger partial charge in [-0.2, -0.15) is 0 Å². The van der Waals surface area contributed by atoms with Gasteiger partial charge in [-0.05, 0) is 44.4 Å². The van der Waals surface area contributed by atoms with E-state index in [1.807, 2.05) is 0 Å². The monoisotopic (exact) mass is 252 g/mol. The summed E-state index contributed by atoms with van der Waals surface area (Å²) in [6.45, 7) is 3.62. The van der Waals surface area contributed by atoms with Crippen LogP contribution in [-0.4, -0.2) is 25.0 Å². The Labute approximate surface area is 111 Å². The van der Waals surface area contributed by atoms with Gasteiger partial charge in [-0.25, -0.2) is 0 Å². The molecule has 0 radical (unpaired) electrons. The Balaban J connectivity index is 1.59. The summed E-state index contributed by atoms with van der Waals surface area (Å²) in [6, 6.07) is 0.481. The first-order valence-electron chi connectivity index (χ1n) is 7.76. The predicted octanol–water partition coefficient (Wildman–Crippen LogP) is 2.46. The molecule has 0 spiro atoms. The van der Waals surface area contributed by atoms with E-state index in [0.29, 0.717) is 12.6 Å². The lowest BCUT2D eigenvalue weighted by Crippen LogP contribution is -2.41. The molecular weight excluding hydrogens is 224 g/mol. The fourth-order valence-corrected chi connectivity index (χ4v) is 2.87. The second-order valence-electron chi connectivity index (χ2n) is 6.17. The average molecular weight is 252 g/mol. The van der Waals surface area contributed by atoms with Gasteiger partial charge in [-0.3, -0.25) is 4.79 Å². The first-order valence-corrected chi connectivity index (χ1v) is 7.76. The van der Waals surface area contributed by atoms with Gasteiger partial charge in [-0.15, -0.1) is 0 Å². The molecule has 3 heteroatoms. The van der Waals surface area contributed by atoms with Crippen molar-refractivity contribution in [1.82, 2.24) is 10.6 Å². The molecule has 0 aliphatic heterocycles. The first kappa shape index (κ1) is 13.9. The summed E-state index contributed by atoms with van der Waals surface area (Å²) < 4.78 is 0. The number of nitrogens with one attached hydrogen (secondary N) is 2. The Morgan fingerprint density at radius 2 is 1.78 bits per heavy atom. The zero-order valence-electron chi connectivity index (χ0n) is 11.7. The van der Waals surface area contributed by atoms with E-state index >= 15 is 0 Å². The molecule has 2 saturated carbocycles. The van der Waals surface area contributed by atoms with Crippen LogP contribution in [0.3, 0.4) is 0 Å². The number of amides is 1. The standard InChI is InChI=1S/C15H28N2O/c1-12(14-6-4-2-3-5-7-14)16-11-15(18)17-10-13-8-9-13/h12-14,16H,2-11H2,1H3,(H,17,18)/t12-/m1/s1. The predicted molar refractivity (Wildman–Crippen MR) is 74.4 cm³/mol. The maximum atomic E-state index is 11.7. The molecule has 3 nitrogen and oxygen atoms in total. The maximum Gasteiger partial charge on any atom is 0.233 e. The fourth-order valence-electron chi connectivity index (χ4n) is 2.87. The van der Waals surface area contributed by atoms with Crippen LogP contribution < -0.4 is 10.6 Å². The first-order chi connectivity index (χ1) is 8.75. The smallest absolute Gasteiger partial charge is 0.233 e. The molecule has 2 fully saturated rings. The third kappa shape index (κ3) is 4.97. The molecule has 0 heterocycles. The van der Waals surface area contributed by atoms with Gasteiger partial charge in [0.2, 0.25) is 5.91 Å². The van der Waals surface area contributed by atoms with E-state index in [1.165, 1.54) is 51.4 Å². The fraction of sp³-hybridized carbons (Fsp3) is 0.933. The zero-order valence-corrected chi connectivity index (χ0v) is 11.7. The Morgan fingerprint density at radius 1 is 1.11 bits per heavy atom. The Kier molecular flexibility index (Phi) is 5.48. The quantitative estimate of drug-likeness (QED) is 0.713. The van der Waals surface area contributed by atoms with Gasteiger partial charge in [0.05, 0.1) is 6.54 Å². The van der Waals surface area contributed by atoms with Crippen LogP contribution in [0.15, 0.2) is 0 Å². The topological polar surface area (TPSA) is 41.1 Å². The summed E-state index contributed by atoms with van der Waals surface area (Å²) in [5.74, 6) is 1.71. The molecule has 0 aromatic carbocycles. The van der Waals surface area contributed by atoms with Crippen molar-refractivity contribution in [3.8, 4) is 0 Å². The Bertz CT molecular complexity index is 255. The molecule has 18 heavy (non-hydrogen) atoms. The van der Waals surface area contributed by atoms with Crippen molar-refractivity contribution in [3.63, 3.8) is 0 Å². The lowest BCUT2D eigenvalue weighted by atomic mass is 9.93. The summed E-state index contributed by atoms with van der Waals surface area (Å²) in [4.78, 5) is 11.7. The van der Waals surface area contributed by atoms with Crippen molar-refractivity contribution < 1.29 is 4.79 Å². The van der Waals surface area contributed by atoms with E-state index in [4.69, 9.17) is 0 Å². The molecule has 0 unspecified atom stereocenters. The molecular formula is C15H28N2O. The van der Waals surface area contributed by atoms with Gasteiger partial charge in [0.15, 0.2) is 0 Å². The van der Waals surface area contributed by atoms with Crippen LogP contribution >= 0.6 is 0 Å². The number of rotatable bonds is 6. The molecule has 104 valence electrons. The molecule has 2 aliphatic carbocycles. The molecule has 0 aromatic heterocycles. The normalized spacial score (nSPS) is 23.4. The lowest BCUT2D eigenvalue weighted by Gasteiger charge is -2.23. The summed E-state index contributed by atoms with van der Waals surface area (Å²) in [6.07, 6.45) is 10.8. The van der Waals surface area contributed by atoms with E-state index < -0.39 is 0 Å². The second-order valence-corrected chi connectivity index (χ2v) is 6.17. The summed E-state index contributed by atoms with van der Waals surface area (Å²) >= 11 is 0. The summed E-state index contributed by atoms with van der Waals surface area (Å²) in [5.41, 5.74) is 0. The minimum Gasteiger partial charge on any atom is -0.355 e. The number of carbonyl (C=O) groups excluding carboxylic acids is 1. The third-order valence-corrected chi connectivity index (χ3v) is 4.48. The van der Waals surface area contributed by atoms with E-state index in [9.17, 15) is 4.79 Å². The highest BCUT2D eigenvalue weighted by molar-refractivity contribution is 5.78. The third-order valence-electron chi connectivity index (χ3n) is 4.48. The van der Waals surface area contributed by atoms with Crippen LogP contribution in [0.5, 0.6) is 0 Å². The van der Waals surface area contributed by atoms with Gasteiger partial charge in [0.25, 0.3) is 0 Å². The van der Waals surface area contributed by atoms with Crippen molar-refractivity contribution in [1.29, 1.82) is 0 Å². The van der Waals surface area contributed by atoms with Crippen molar-refractivity contribution >= 4 is 5.91 Å². The SMILES string of the molecule is C[C@@H](NCC(=O)NCC1CC1)C1CCCCCC1. The van der Waals surface area contributed by atoms with Crippen LogP contribution in [0.4, 0.5) is 0 Å². The van der Waals surface area contributed by atoms with Gasteiger partial charge in [0, 0.05) is 12.6 Å². The summed E-state index contributed by atoms with van der Waals surface area (Å²) in [5, 5.41) is 6.43. The van der Waals surface area contributed by atoms with E-state index in [-0.39, 0.29) is 5.91 Å². The highest BCUT2D eigenvalue weighted by Crippen LogP contribution is 2.27. The Hall–Kier alpha value is -0.570. The maximum absolute atomic E-state index is 11.7. The van der Waals surface area contributed by atoms with Gasteiger partial charge in [-0.1, -0.05) is 25.7 Å². The van der Waals surface area contributed by atoms with E-state index in [2.05, 4.69) is 17.6 Å². The van der Waals surface area contributed by atoms with E-state index in [1.54, 1.807) is 0 Å². The average Bonchev–Trinajstić information content (AvgIpc) is 3.19. The molecule has 0 aromatic rings. The van der Waals surface area contributed by atoms with Crippen LogP contribution in [0.1, 0.15) is 58.3 Å². The van der Waals surface area contributed by atoms with Crippen molar-refractivity contribution in [2.75, 3.05) is 13.1 Å². The molecule has 1 atom stereocenters. The van der Waals surface area contributed by atoms with Crippen molar-refractivity contribution in [3.05, 3.63) is 0 Å². The van der Waals surface area contributed by atoms with Crippen LogP contribution in [0.2, 0.25) is 0 Å². The van der Waals surface area contributed by atoms with Crippen LogP contribution in [0, 0.1) is 11.8 Å². The van der Waals surface area contributed by atoms with Crippen LogP contribution in [0.25, 0.3) is 0 Å². The van der Waals surface area contributed by atoms with Crippen LogP contribution in [-0.2, 0) is 4.79 Å². The van der Waals surface area contributed by atoms with E-state index in [0.717, 1.165) is 18.4 Å². The number of hydrogen-bond donors (Lipinski definition) is 2. The minimum atomic E-state index is 0.169. The lowest BCUT2D eigenvalue weighted by molar-refractivity contribution is -0.120. The number of hydrogen-bond acceptors (Lipinski definition) is 2. The van der Waals surface area contributed by atoms with Gasteiger partial charge < -0.3 is 10.6 Å². The zero-order chi connectivity index (χ0) is 12.8. The second kappa shape index (κ2) is 7.13. The van der Waals surface area contributed by atoms with Gasteiger partial charge in [0.1, 0.15) is 0 Å². The molecule has 0 bridgehead atoms. The molecule has 2 aliphatic rings. The Morgan fingerprint density at radius 3 is 2.39 bits per heavy atom. The largest absolute Gasteiger partial charge is 0.355 e. The molecule has 0 saturated heterocycles. The number of carbonyl (C=O) groups is 1. The molecule has 2 N–H and O–H groups in total. The minimum absolute atomic E-state index is 0.169.